The summed E-state index contributed by atoms with van der Waals surface area (Å²) in [7, 11) is -9.26. The summed E-state index contributed by atoms with van der Waals surface area (Å²) in [6.45, 7) is 32.7. The summed E-state index contributed by atoms with van der Waals surface area (Å²) >= 11 is 0. The zero-order chi connectivity index (χ0) is 49.8. The molecule has 1 N–H and O–H groups in total. The van der Waals surface area contributed by atoms with E-state index in [9.17, 15) is 22.8 Å². The predicted octanol–water partition coefficient (Wildman–Crippen LogP) is 8.65. The number of esters is 3. The van der Waals surface area contributed by atoms with Gasteiger partial charge in [-0.2, -0.15) is 9.03 Å². The van der Waals surface area contributed by atoms with Crippen LogP contribution in [0.4, 0.5) is 0 Å². The van der Waals surface area contributed by atoms with Crippen LogP contribution < -0.4 is 14.2 Å². The molecule has 366 valence electrons. The van der Waals surface area contributed by atoms with Crippen molar-refractivity contribution in [3.63, 3.8) is 0 Å². The molecule has 0 fully saturated rings. The summed E-state index contributed by atoms with van der Waals surface area (Å²) in [5, 5.41) is 0. The summed E-state index contributed by atoms with van der Waals surface area (Å²) in [6.07, 6.45) is 1.18. The third kappa shape index (κ3) is 12.8. The van der Waals surface area contributed by atoms with Crippen LogP contribution >= 0.6 is 0 Å². The van der Waals surface area contributed by atoms with Gasteiger partial charge in [-0.3, -0.25) is 14.4 Å². The Hall–Kier alpha value is -3.73. The zero-order valence-corrected chi connectivity index (χ0v) is 44.1. The van der Waals surface area contributed by atoms with Gasteiger partial charge in [-0.1, -0.05) is 0 Å². The van der Waals surface area contributed by atoms with Crippen LogP contribution in [-0.2, 0) is 61.5 Å². The molecule has 0 aromatic heterocycles. The number of benzene rings is 2. The molecule has 0 bridgehead atoms. The maximum Gasteiger partial charge on any atom is 0.324 e. The van der Waals surface area contributed by atoms with E-state index in [-0.39, 0.29) is 22.6 Å². The van der Waals surface area contributed by atoms with E-state index in [1.165, 1.54) is 0 Å². The fourth-order valence-corrected chi connectivity index (χ4v) is 12.5. The molecule has 2 heterocycles. The first-order chi connectivity index (χ1) is 29.3. The van der Waals surface area contributed by atoms with Crippen LogP contribution in [0.3, 0.4) is 0 Å². The lowest BCUT2D eigenvalue weighted by Crippen LogP contribution is -2.51. The largest absolute Gasteiger partial charge is 0.487 e. The molecule has 2 aromatic carbocycles. The second-order valence-corrected chi connectivity index (χ2v) is 25.5. The highest BCUT2D eigenvalue weighted by atomic mass is 32.2. The Morgan fingerprint density at radius 2 is 1.03 bits per heavy atom. The third-order valence-corrected chi connectivity index (χ3v) is 15.8. The van der Waals surface area contributed by atoms with Crippen molar-refractivity contribution in [2.24, 2.45) is 0 Å². The highest BCUT2D eigenvalue weighted by Gasteiger charge is 2.44. The summed E-state index contributed by atoms with van der Waals surface area (Å²) in [5.41, 5.74) is 0.516. The Balaban J connectivity index is 1.94. The van der Waals surface area contributed by atoms with Crippen LogP contribution in [0, 0.1) is 41.5 Å². The van der Waals surface area contributed by atoms with Gasteiger partial charge in [0, 0.05) is 13.0 Å². The molecule has 0 radical (unpaired) electrons. The number of carbonyl (C=O) groups excluding carboxylic acids is 3. The predicted molar refractivity (Wildman–Crippen MR) is 251 cm³/mol. The van der Waals surface area contributed by atoms with E-state index in [4.69, 9.17) is 23.7 Å². The van der Waals surface area contributed by atoms with Crippen LogP contribution in [-0.4, -0.2) is 85.7 Å². The summed E-state index contributed by atoms with van der Waals surface area (Å²) < 4.78 is 94.4. The van der Waals surface area contributed by atoms with E-state index < -0.39 is 91.0 Å². The molecular weight excluding hydrogens is 873 g/mol. The lowest BCUT2D eigenvalue weighted by Gasteiger charge is -2.37. The van der Waals surface area contributed by atoms with Crippen molar-refractivity contribution in [1.82, 2.24) is 9.03 Å². The second kappa shape index (κ2) is 18.7. The minimum absolute atomic E-state index is 0.0136. The van der Waals surface area contributed by atoms with Gasteiger partial charge >= 0.3 is 17.9 Å². The van der Waals surface area contributed by atoms with Crippen molar-refractivity contribution >= 4 is 38.0 Å². The lowest BCUT2D eigenvalue weighted by molar-refractivity contribution is -0.161. The maximum atomic E-state index is 15.6. The Morgan fingerprint density at radius 3 is 1.48 bits per heavy atom. The van der Waals surface area contributed by atoms with Crippen molar-refractivity contribution in [3.05, 3.63) is 44.5 Å². The number of hydrogen-bond donors (Lipinski definition) is 1. The molecule has 0 aliphatic carbocycles. The average Bonchev–Trinajstić information content (AvgIpc) is 3.10. The Bertz CT molecular complexity index is 2420. The van der Waals surface area contributed by atoms with Crippen LogP contribution in [0.1, 0.15) is 167 Å². The Labute approximate surface area is 389 Å². The second-order valence-electron chi connectivity index (χ2n) is 22.0. The minimum Gasteiger partial charge on any atom is -0.487 e. The number of ether oxygens (including phenoxy) is 5. The third-order valence-electron chi connectivity index (χ3n) is 11.9. The standard InChI is InChI=1S/C49H76N2O12S2/c1-28-30(3)41(32(5)34-22-25-48(16,17)60-39(28)34)64(55,56)50-36(43(53)62-46(10,11)12)24-27-51(37(44(54)63-47(13,14)15)20-21-38(52)59-45(7,8)9)65(57,58)42-31(4)29(2)40-35(33(42)6)23-26-49(18,19)61-40/h36-37,50H,20-27H2,1-19H3/t36-,37-/m0/s1. The summed E-state index contributed by atoms with van der Waals surface area (Å²) in [4.78, 5) is 41.9. The normalized spacial score (nSPS) is 17.2. The van der Waals surface area contributed by atoms with Crippen molar-refractivity contribution in [2.75, 3.05) is 6.54 Å². The molecule has 4 rings (SSSR count). The highest BCUT2D eigenvalue weighted by Crippen LogP contribution is 2.44. The van der Waals surface area contributed by atoms with Crippen molar-refractivity contribution in [1.29, 1.82) is 0 Å². The number of sulfonamides is 2. The topological polar surface area (TPSA) is 181 Å². The first-order valence-corrected chi connectivity index (χ1v) is 25.6. The number of nitrogens with zero attached hydrogens (tertiary/aromatic N) is 1. The van der Waals surface area contributed by atoms with Gasteiger partial charge in [0.05, 0.1) is 9.79 Å². The molecule has 0 saturated carbocycles. The monoisotopic (exact) mass is 948 g/mol. The molecule has 2 aromatic rings. The van der Waals surface area contributed by atoms with E-state index in [0.29, 0.717) is 76.1 Å². The first-order valence-electron chi connectivity index (χ1n) is 22.6. The van der Waals surface area contributed by atoms with E-state index in [2.05, 4.69) is 4.72 Å². The van der Waals surface area contributed by atoms with Crippen molar-refractivity contribution in [3.8, 4) is 11.5 Å². The van der Waals surface area contributed by atoms with Gasteiger partial charge in [-0.15, -0.1) is 0 Å². The van der Waals surface area contributed by atoms with Gasteiger partial charge in [0.15, 0.2) is 0 Å². The molecule has 0 spiro atoms. The number of nitrogens with one attached hydrogen (secondary N) is 1. The molecule has 16 heteroatoms. The van der Waals surface area contributed by atoms with E-state index in [1.54, 1.807) is 104 Å². The van der Waals surface area contributed by atoms with Crippen LogP contribution in [0.5, 0.6) is 11.5 Å². The average molecular weight is 949 g/mol. The molecule has 2 aliphatic rings. The Kier molecular flexibility index (Phi) is 15.5. The van der Waals surface area contributed by atoms with E-state index in [1.807, 2.05) is 27.7 Å². The van der Waals surface area contributed by atoms with Gasteiger partial charge < -0.3 is 23.7 Å². The fourth-order valence-electron chi connectivity index (χ4n) is 8.54. The fraction of sp³-hybridized carbons (Fsp3) is 0.694. The molecule has 0 saturated heterocycles. The van der Waals surface area contributed by atoms with Gasteiger partial charge in [0.1, 0.15) is 51.6 Å². The van der Waals surface area contributed by atoms with Crippen LogP contribution in [0.2, 0.25) is 0 Å². The van der Waals surface area contributed by atoms with Gasteiger partial charge in [-0.25, -0.2) is 16.8 Å². The van der Waals surface area contributed by atoms with Crippen LogP contribution in [0.15, 0.2) is 9.79 Å². The zero-order valence-electron chi connectivity index (χ0n) is 42.5. The molecule has 2 aliphatic heterocycles. The van der Waals surface area contributed by atoms with Gasteiger partial charge in [-0.05, 0) is 215 Å². The first kappa shape index (κ1) is 53.9. The van der Waals surface area contributed by atoms with E-state index >= 15 is 8.42 Å². The molecular formula is C49H76N2O12S2. The molecule has 2 atom stereocenters. The van der Waals surface area contributed by atoms with Gasteiger partial charge in [0.25, 0.3) is 0 Å². The molecule has 0 amide bonds. The number of carbonyl (C=O) groups is 3. The SMILES string of the molecule is Cc1c(C)c(S(=O)(=O)N[C@@H](CCN([C@@H](CCC(=O)OC(C)(C)C)C(=O)OC(C)(C)C)S(=O)(=O)c2c(C)c(C)c3c(c2C)CCC(C)(C)O3)C(=O)OC(C)(C)C)c(C)c2c1OC(C)(C)CC2. The van der Waals surface area contributed by atoms with Crippen molar-refractivity contribution < 1.29 is 54.9 Å². The lowest BCUT2D eigenvalue weighted by atomic mass is 9.88. The number of hydrogen-bond acceptors (Lipinski definition) is 12. The smallest absolute Gasteiger partial charge is 0.324 e. The molecule has 14 nitrogen and oxygen atoms in total. The maximum absolute atomic E-state index is 15.6. The minimum atomic E-state index is -4.74. The quantitative estimate of drug-likeness (QED) is 0.141. The molecule has 65 heavy (non-hydrogen) atoms. The summed E-state index contributed by atoms with van der Waals surface area (Å²) in [5.74, 6) is -1.31. The number of fused-ring (bicyclic) bond motifs is 2. The molecule has 0 unspecified atom stereocenters. The number of rotatable bonds is 14. The van der Waals surface area contributed by atoms with Crippen LogP contribution in [0.25, 0.3) is 0 Å². The van der Waals surface area contributed by atoms with Gasteiger partial charge in [0.2, 0.25) is 20.0 Å². The Morgan fingerprint density at radius 1 is 0.615 bits per heavy atom. The highest BCUT2D eigenvalue weighted by molar-refractivity contribution is 7.89. The van der Waals surface area contributed by atoms with Crippen molar-refractivity contribution in [2.45, 2.75) is 226 Å². The summed E-state index contributed by atoms with van der Waals surface area (Å²) in [6, 6.07) is -3.26. The van der Waals surface area contributed by atoms with E-state index in [0.717, 1.165) is 9.87 Å².